The summed E-state index contributed by atoms with van der Waals surface area (Å²) in [6.07, 6.45) is -2.19. The number of carbonyl (C=O) groups excluding carboxylic acids is 1. The zero-order valence-electron chi connectivity index (χ0n) is 10.2. The standard InChI is InChI=1S/C12H12O8/c13-9(14)6-12(18,11(16)17)7-10(15)20-19-8-4-2-1-3-5-8/h1-5,18H,6-7H2,(H,13,14)(H,16,17). The van der Waals surface area contributed by atoms with Gasteiger partial charge in [-0.25, -0.2) is 9.59 Å². The minimum atomic E-state index is -2.75. The molecule has 0 aromatic heterocycles. The molecule has 1 aromatic rings. The smallest absolute Gasteiger partial charge is 0.358 e. The molecule has 108 valence electrons. The van der Waals surface area contributed by atoms with E-state index in [0.29, 0.717) is 0 Å². The van der Waals surface area contributed by atoms with E-state index in [2.05, 4.69) is 9.78 Å². The Morgan fingerprint density at radius 3 is 2.15 bits per heavy atom. The number of para-hydroxylation sites is 1. The number of aliphatic carboxylic acids is 2. The number of rotatable bonds is 7. The van der Waals surface area contributed by atoms with Crippen molar-refractivity contribution in [2.75, 3.05) is 0 Å². The van der Waals surface area contributed by atoms with Gasteiger partial charge < -0.3 is 15.3 Å². The molecule has 1 aromatic carbocycles. The molecule has 20 heavy (non-hydrogen) atoms. The number of carboxylic acids is 2. The molecule has 0 aliphatic carbocycles. The SMILES string of the molecule is O=C(O)CC(O)(CC(=O)OOc1ccccc1)C(=O)O. The first kappa shape index (κ1) is 15.4. The van der Waals surface area contributed by atoms with Crippen LogP contribution in [0.1, 0.15) is 12.8 Å². The van der Waals surface area contributed by atoms with Crippen molar-refractivity contribution in [1.82, 2.24) is 0 Å². The molecular weight excluding hydrogens is 272 g/mol. The molecule has 0 fully saturated rings. The summed E-state index contributed by atoms with van der Waals surface area (Å²) < 4.78 is 0. The maximum Gasteiger partial charge on any atom is 0.358 e. The lowest BCUT2D eigenvalue weighted by Crippen LogP contribution is -2.43. The van der Waals surface area contributed by atoms with Gasteiger partial charge in [0.05, 0.1) is 12.8 Å². The fourth-order valence-electron chi connectivity index (χ4n) is 1.30. The largest absolute Gasteiger partial charge is 0.481 e. The van der Waals surface area contributed by atoms with Gasteiger partial charge >= 0.3 is 17.9 Å². The Kier molecular flexibility index (Phi) is 5.04. The molecule has 0 radical (unpaired) electrons. The highest BCUT2D eigenvalue weighted by Gasteiger charge is 2.41. The molecule has 0 saturated heterocycles. The van der Waals surface area contributed by atoms with Gasteiger partial charge in [0.25, 0.3) is 0 Å². The summed E-state index contributed by atoms with van der Waals surface area (Å²) in [5.41, 5.74) is -2.75. The molecule has 8 heteroatoms. The number of carbonyl (C=O) groups is 3. The molecule has 0 bridgehead atoms. The van der Waals surface area contributed by atoms with Crippen LogP contribution in [0.15, 0.2) is 30.3 Å². The van der Waals surface area contributed by atoms with Crippen LogP contribution in [0.4, 0.5) is 0 Å². The van der Waals surface area contributed by atoms with Gasteiger partial charge in [0.15, 0.2) is 11.4 Å². The van der Waals surface area contributed by atoms with Crippen LogP contribution in [-0.2, 0) is 19.3 Å². The van der Waals surface area contributed by atoms with Crippen LogP contribution in [0.25, 0.3) is 0 Å². The summed E-state index contributed by atoms with van der Waals surface area (Å²) in [4.78, 5) is 41.5. The van der Waals surface area contributed by atoms with Crippen molar-refractivity contribution in [1.29, 1.82) is 0 Å². The van der Waals surface area contributed by atoms with Crippen LogP contribution in [0.3, 0.4) is 0 Å². The number of benzene rings is 1. The third kappa shape index (κ3) is 4.58. The first-order chi connectivity index (χ1) is 9.33. The maximum atomic E-state index is 11.4. The lowest BCUT2D eigenvalue weighted by Gasteiger charge is -2.19. The quantitative estimate of drug-likeness (QED) is 0.478. The Hall–Kier alpha value is -2.61. The van der Waals surface area contributed by atoms with E-state index in [4.69, 9.17) is 10.2 Å². The molecule has 0 aliphatic heterocycles. The molecule has 1 rings (SSSR count). The van der Waals surface area contributed by atoms with Crippen LogP contribution >= 0.6 is 0 Å². The average molecular weight is 284 g/mol. The molecule has 1 unspecified atom stereocenters. The molecule has 8 nitrogen and oxygen atoms in total. The van der Waals surface area contributed by atoms with Gasteiger partial charge in [0.2, 0.25) is 0 Å². The number of aliphatic hydroxyl groups is 1. The number of hydrogen-bond donors (Lipinski definition) is 3. The summed E-state index contributed by atoms with van der Waals surface area (Å²) in [5, 5.41) is 26.9. The van der Waals surface area contributed by atoms with E-state index in [1.54, 1.807) is 18.2 Å². The molecule has 0 saturated carbocycles. The highest BCUT2D eigenvalue weighted by Crippen LogP contribution is 2.18. The fourth-order valence-corrected chi connectivity index (χ4v) is 1.30. The van der Waals surface area contributed by atoms with Gasteiger partial charge in [0.1, 0.15) is 0 Å². The van der Waals surface area contributed by atoms with Gasteiger partial charge in [-0.3, -0.25) is 14.6 Å². The van der Waals surface area contributed by atoms with Crippen LogP contribution in [0.2, 0.25) is 0 Å². The average Bonchev–Trinajstić information content (AvgIpc) is 2.36. The van der Waals surface area contributed by atoms with Gasteiger partial charge in [0, 0.05) is 0 Å². The molecule has 0 aliphatic rings. The van der Waals surface area contributed by atoms with Crippen LogP contribution in [-0.4, -0.2) is 38.8 Å². The number of hydrogen-bond acceptors (Lipinski definition) is 6. The van der Waals surface area contributed by atoms with E-state index < -0.39 is 36.4 Å². The van der Waals surface area contributed by atoms with Crippen LogP contribution < -0.4 is 4.89 Å². The Morgan fingerprint density at radius 2 is 1.65 bits per heavy atom. The van der Waals surface area contributed by atoms with E-state index >= 15 is 0 Å². The van der Waals surface area contributed by atoms with Crippen LogP contribution in [0.5, 0.6) is 5.75 Å². The lowest BCUT2D eigenvalue weighted by atomic mass is 9.96. The second-order valence-electron chi connectivity index (χ2n) is 3.94. The van der Waals surface area contributed by atoms with Crippen molar-refractivity contribution in [2.45, 2.75) is 18.4 Å². The van der Waals surface area contributed by atoms with Crippen molar-refractivity contribution in [3.05, 3.63) is 30.3 Å². The molecule has 1 atom stereocenters. The Bertz CT molecular complexity index is 497. The normalized spacial score (nSPS) is 13.1. The summed E-state index contributed by atoms with van der Waals surface area (Å²) >= 11 is 0. The minimum Gasteiger partial charge on any atom is -0.481 e. The topological polar surface area (TPSA) is 130 Å². The van der Waals surface area contributed by atoms with E-state index in [0.717, 1.165) is 0 Å². The second kappa shape index (κ2) is 6.53. The van der Waals surface area contributed by atoms with E-state index in [1.165, 1.54) is 12.1 Å². The first-order valence-electron chi connectivity index (χ1n) is 5.43. The number of carboxylic acid groups (broad SMARTS) is 2. The van der Waals surface area contributed by atoms with Crippen molar-refractivity contribution >= 4 is 17.9 Å². The lowest BCUT2D eigenvalue weighted by molar-refractivity contribution is -0.219. The monoisotopic (exact) mass is 284 g/mol. The Morgan fingerprint density at radius 1 is 1.05 bits per heavy atom. The minimum absolute atomic E-state index is 0.193. The van der Waals surface area contributed by atoms with Crippen molar-refractivity contribution in [3.8, 4) is 5.75 Å². The summed E-state index contributed by atoms with van der Waals surface area (Å²) in [5.74, 6) is -4.42. The van der Waals surface area contributed by atoms with Gasteiger partial charge in [-0.2, -0.15) is 0 Å². The third-order valence-electron chi connectivity index (χ3n) is 2.25. The van der Waals surface area contributed by atoms with Crippen molar-refractivity contribution in [2.24, 2.45) is 0 Å². The van der Waals surface area contributed by atoms with Gasteiger partial charge in [-0.05, 0) is 12.1 Å². The second-order valence-corrected chi connectivity index (χ2v) is 3.94. The molecule has 0 heterocycles. The highest BCUT2D eigenvalue weighted by molar-refractivity contribution is 5.88. The zero-order chi connectivity index (χ0) is 15.2. The van der Waals surface area contributed by atoms with E-state index in [-0.39, 0.29) is 5.75 Å². The van der Waals surface area contributed by atoms with Crippen molar-refractivity contribution < 1.29 is 39.5 Å². The van der Waals surface area contributed by atoms with Crippen LogP contribution in [0, 0.1) is 0 Å². The van der Waals surface area contributed by atoms with Gasteiger partial charge in [-0.15, -0.1) is 0 Å². The van der Waals surface area contributed by atoms with E-state index in [1.807, 2.05) is 0 Å². The molecule has 0 amide bonds. The zero-order valence-corrected chi connectivity index (χ0v) is 10.2. The predicted molar refractivity (Wildman–Crippen MR) is 62.6 cm³/mol. The Balaban J connectivity index is 2.59. The van der Waals surface area contributed by atoms with Gasteiger partial charge in [-0.1, -0.05) is 18.2 Å². The summed E-state index contributed by atoms with van der Waals surface area (Å²) in [6, 6.07) is 7.88. The Labute approximate surface area is 113 Å². The highest BCUT2D eigenvalue weighted by atomic mass is 17.2. The first-order valence-corrected chi connectivity index (χ1v) is 5.43. The van der Waals surface area contributed by atoms with E-state index in [9.17, 15) is 19.5 Å². The molecular formula is C12H12O8. The molecule has 0 spiro atoms. The maximum absolute atomic E-state index is 11.4. The third-order valence-corrected chi connectivity index (χ3v) is 2.25. The summed E-state index contributed by atoms with van der Waals surface area (Å²) in [7, 11) is 0. The van der Waals surface area contributed by atoms with Crippen molar-refractivity contribution in [3.63, 3.8) is 0 Å². The molecule has 3 N–H and O–H groups in total. The predicted octanol–water partition coefficient (Wildman–Crippen LogP) is 0.204. The summed E-state index contributed by atoms with van der Waals surface area (Å²) in [6.45, 7) is 0. The fraction of sp³-hybridized carbons (Fsp3) is 0.250.